The second kappa shape index (κ2) is 5.77. The third kappa shape index (κ3) is 3.99. The van der Waals surface area contributed by atoms with E-state index in [0.29, 0.717) is 5.41 Å². The summed E-state index contributed by atoms with van der Waals surface area (Å²) >= 11 is 0. The van der Waals surface area contributed by atoms with Crippen molar-refractivity contribution in [3.05, 3.63) is 29.8 Å². The Balaban J connectivity index is 1.97. The summed E-state index contributed by atoms with van der Waals surface area (Å²) in [6.07, 6.45) is 5.73. The Kier molecular flexibility index (Phi) is 4.43. The van der Waals surface area contributed by atoms with E-state index in [9.17, 15) is 0 Å². The Bertz CT molecular complexity index is 437. The van der Waals surface area contributed by atoms with Crippen molar-refractivity contribution >= 4 is 0 Å². The van der Waals surface area contributed by atoms with E-state index >= 15 is 0 Å². The fourth-order valence-electron chi connectivity index (χ4n) is 4.18. The van der Waals surface area contributed by atoms with Crippen molar-refractivity contribution in [2.45, 2.75) is 58.4 Å². The van der Waals surface area contributed by atoms with E-state index in [1.165, 1.54) is 12.0 Å². The fraction of sp³-hybridized carbons (Fsp3) is 0.667. The van der Waals surface area contributed by atoms with Gasteiger partial charge in [-0.3, -0.25) is 0 Å². The lowest BCUT2D eigenvalue weighted by Crippen LogP contribution is -2.49. The van der Waals surface area contributed by atoms with Crippen LogP contribution in [0.5, 0.6) is 5.75 Å². The van der Waals surface area contributed by atoms with Crippen molar-refractivity contribution in [1.82, 2.24) is 0 Å². The van der Waals surface area contributed by atoms with Crippen molar-refractivity contribution in [2.24, 2.45) is 17.1 Å². The van der Waals surface area contributed by atoms with Gasteiger partial charge in [0.1, 0.15) is 5.75 Å². The molecule has 0 heterocycles. The first kappa shape index (κ1) is 15.4. The van der Waals surface area contributed by atoms with Gasteiger partial charge in [-0.1, -0.05) is 32.9 Å². The van der Waals surface area contributed by atoms with E-state index in [4.69, 9.17) is 10.5 Å². The zero-order valence-electron chi connectivity index (χ0n) is 13.4. The second-order valence-corrected chi connectivity index (χ2v) is 7.56. The molecule has 0 radical (unpaired) electrons. The molecule has 1 fully saturated rings. The van der Waals surface area contributed by atoms with E-state index < -0.39 is 0 Å². The van der Waals surface area contributed by atoms with Crippen LogP contribution in [0.4, 0.5) is 0 Å². The zero-order chi connectivity index (χ0) is 14.8. The predicted molar refractivity (Wildman–Crippen MR) is 85.0 cm³/mol. The van der Waals surface area contributed by atoms with Crippen molar-refractivity contribution in [3.63, 3.8) is 0 Å². The number of methoxy groups -OCH3 is 1. The lowest BCUT2D eigenvalue weighted by molar-refractivity contribution is 0.102. The highest BCUT2D eigenvalue weighted by Crippen LogP contribution is 2.44. The first-order valence-corrected chi connectivity index (χ1v) is 7.74. The molecule has 20 heavy (non-hydrogen) atoms. The Morgan fingerprint density at radius 3 is 2.40 bits per heavy atom. The van der Waals surface area contributed by atoms with Crippen molar-refractivity contribution in [2.75, 3.05) is 7.11 Å². The third-order valence-electron chi connectivity index (χ3n) is 4.56. The highest BCUT2D eigenvalue weighted by atomic mass is 16.5. The normalized spacial score (nSPS) is 29.1. The maximum atomic E-state index is 6.70. The van der Waals surface area contributed by atoms with Crippen LogP contribution in [0.3, 0.4) is 0 Å². The van der Waals surface area contributed by atoms with E-state index in [2.05, 4.69) is 32.9 Å². The van der Waals surface area contributed by atoms with E-state index in [0.717, 1.165) is 37.4 Å². The molecule has 1 aliphatic carbocycles. The predicted octanol–water partition coefficient (Wildman–Crippen LogP) is 4.17. The smallest absolute Gasteiger partial charge is 0.118 e. The topological polar surface area (TPSA) is 35.2 Å². The van der Waals surface area contributed by atoms with E-state index in [1.807, 2.05) is 12.1 Å². The number of rotatable bonds is 4. The Morgan fingerprint density at radius 2 is 1.85 bits per heavy atom. The molecule has 0 aromatic heterocycles. The summed E-state index contributed by atoms with van der Waals surface area (Å²) in [7, 11) is 1.70. The Labute approximate surface area is 123 Å². The molecule has 0 spiro atoms. The molecule has 1 aromatic rings. The van der Waals surface area contributed by atoms with Gasteiger partial charge in [-0.15, -0.1) is 0 Å². The van der Waals surface area contributed by atoms with Gasteiger partial charge in [0.15, 0.2) is 0 Å². The largest absolute Gasteiger partial charge is 0.497 e. The van der Waals surface area contributed by atoms with Crippen LogP contribution < -0.4 is 10.5 Å². The summed E-state index contributed by atoms with van der Waals surface area (Å²) in [5.74, 6) is 1.66. The van der Waals surface area contributed by atoms with Crippen molar-refractivity contribution in [1.29, 1.82) is 0 Å². The van der Waals surface area contributed by atoms with Gasteiger partial charge in [-0.25, -0.2) is 0 Å². The van der Waals surface area contributed by atoms with E-state index in [-0.39, 0.29) is 5.54 Å². The van der Waals surface area contributed by atoms with Crippen LogP contribution in [0.2, 0.25) is 0 Å². The molecule has 0 amide bonds. The molecule has 1 aromatic carbocycles. The van der Waals surface area contributed by atoms with Crippen LogP contribution in [0, 0.1) is 11.3 Å². The molecule has 2 nitrogen and oxygen atoms in total. The molecule has 0 saturated heterocycles. The highest BCUT2D eigenvalue weighted by Gasteiger charge is 2.39. The summed E-state index contributed by atoms with van der Waals surface area (Å²) in [5.41, 5.74) is 8.44. The van der Waals surface area contributed by atoms with Gasteiger partial charge in [0.2, 0.25) is 0 Å². The number of hydrogen-bond acceptors (Lipinski definition) is 2. The monoisotopic (exact) mass is 275 g/mol. The molecular weight excluding hydrogens is 246 g/mol. The van der Waals surface area contributed by atoms with Crippen LogP contribution >= 0.6 is 0 Å². The van der Waals surface area contributed by atoms with E-state index in [1.54, 1.807) is 7.11 Å². The summed E-state index contributed by atoms with van der Waals surface area (Å²) in [5, 5.41) is 0. The van der Waals surface area contributed by atoms with Gasteiger partial charge in [0.25, 0.3) is 0 Å². The zero-order valence-corrected chi connectivity index (χ0v) is 13.4. The molecule has 2 heteroatoms. The Morgan fingerprint density at radius 1 is 1.20 bits per heavy atom. The van der Waals surface area contributed by atoms with Crippen molar-refractivity contribution in [3.8, 4) is 5.75 Å². The number of aryl methyl sites for hydroxylation is 1. The third-order valence-corrected chi connectivity index (χ3v) is 4.56. The molecule has 1 aliphatic rings. The maximum Gasteiger partial charge on any atom is 0.118 e. The molecular formula is C18H29NO. The van der Waals surface area contributed by atoms with Gasteiger partial charge in [-0.2, -0.15) is 0 Å². The second-order valence-electron chi connectivity index (χ2n) is 7.56. The number of benzene rings is 1. The first-order chi connectivity index (χ1) is 9.32. The van der Waals surface area contributed by atoms with Gasteiger partial charge >= 0.3 is 0 Å². The summed E-state index contributed by atoms with van der Waals surface area (Å²) in [4.78, 5) is 0. The van der Waals surface area contributed by atoms with Gasteiger partial charge < -0.3 is 10.5 Å². The fourth-order valence-corrected chi connectivity index (χ4v) is 4.18. The lowest BCUT2D eigenvalue weighted by Gasteiger charge is -2.46. The van der Waals surface area contributed by atoms with Crippen LogP contribution in [0.1, 0.15) is 52.0 Å². The van der Waals surface area contributed by atoms with Crippen LogP contribution in [-0.4, -0.2) is 12.6 Å². The average Bonchev–Trinajstić information content (AvgIpc) is 2.34. The summed E-state index contributed by atoms with van der Waals surface area (Å²) in [6, 6.07) is 8.37. The molecule has 2 atom stereocenters. The molecule has 0 aliphatic heterocycles. The van der Waals surface area contributed by atoms with Crippen LogP contribution in [-0.2, 0) is 6.42 Å². The average molecular weight is 275 g/mol. The lowest BCUT2D eigenvalue weighted by atomic mass is 9.63. The highest BCUT2D eigenvalue weighted by molar-refractivity contribution is 5.27. The van der Waals surface area contributed by atoms with Crippen LogP contribution in [0.25, 0.3) is 0 Å². The molecule has 112 valence electrons. The molecule has 0 bridgehead atoms. The first-order valence-electron chi connectivity index (χ1n) is 7.74. The summed E-state index contributed by atoms with van der Waals surface area (Å²) < 4.78 is 5.20. The van der Waals surface area contributed by atoms with Crippen LogP contribution in [0.15, 0.2) is 24.3 Å². The number of nitrogens with two attached hydrogens (primary N) is 1. The summed E-state index contributed by atoms with van der Waals surface area (Å²) in [6.45, 7) is 7.06. The SMILES string of the molecule is COc1ccc(CCC2(N)CC(C)CC(C)(C)C2)cc1. The minimum absolute atomic E-state index is 0.00109. The molecule has 1 saturated carbocycles. The minimum atomic E-state index is 0.00109. The maximum absolute atomic E-state index is 6.70. The van der Waals surface area contributed by atoms with Gasteiger partial charge in [0.05, 0.1) is 7.11 Å². The van der Waals surface area contributed by atoms with Crippen molar-refractivity contribution < 1.29 is 4.74 Å². The molecule has 2 rings (SSSR count). The minimum Gasteiger partial charge on any atom is -0.497 e. The molecule has 2 unspecified atom stereocenters. The van der Waals surface area contributed by atoms with Gasteiger partial charge in [-0.05, 0) is 61.1 Å². The molecule has 2 N–H and O–H groups in total. The quantitative estimate of drug-likeness (QED) is 0.895. The standard InChI is InChI=1S/C18H29NO/c1-14-11-17(2,3)13-18(19,12-14)10-9-15-5-7-16(20-4)8-6-15/h5-8,14H,9-13,19H2,1-4H3. The number of ether oxygens (including phenoxy) is 1. The van der Waals surface area contributed by atoms with Gasteiger partial charge in [0, 0.05) is 5.54 Å². The Hall–Kier alpha value is -1.02. The number of hydrogen-bond donors (Lipinski definition) is 1.